The Labute approximate surface area is 223 Å². The molecule has 3 aromatic rings. The highest BCUT2D eigenvalue weighted by Gasteiger charge is 2.49. The molecule has 198 valence electrons. The highest BCUT2D eigenvalue weighted by Crippen LogP contribution is 2.47. The average molecular weight is 543 g/mol. The van der Waals surface area contributed by atoms with Gasteiger partial charge in [0.25, 0.3) is 0 Å². The van der Waals surface area contributed by atoms with Crippen LogP contribution in [-0.2, 0) is 30.7 Å². The Bertz CT molecular complexity index is 1280. The molecular formula is C29H34O6S2. The first kappa shape index (κ1) is 27.2. The number of rotatable bonds is 11. The van der Waals surface area contributed by atoms with Crippen LogP contribution in [0.15, 0.2) is 60.7 Å². The molecule has 0 bridgehead atoms. The van der Waals surface area contributed by atoms with Crippen LogP contribution in [0.4, 0.5) is 0 Å². The van der Waals surface area contributed by atoms with Crippen LogP contribution in [0.25, 0.3) is 10.4 Å². The molecule has 0 amide bonds. The maximum absolute atomic E-state index is 13.5. The molecule has 0 saturated carbocycles. The van der Waals surface area contributed by atoms with E-state index in [1.54, 1.807) is 19.2 Å². The third kappa shape index (κ3) is 6.36. The molecule has 1 fully saturated rings. The van der Waals surface area contributed by atoms with Gasteiger partial charge in [-0.05, 0) is 78.9 Å². The van der Waals surface area contributed by atoms with Crippen molar-refractivity contribution < 1.29 is 27.4 Å². The first-order valence-corrected chi connectivity index (χ1v) is 15.2. The van der Waals surface area contributed by atoms with Gasteiger partial charge in [0.15, 0.2) is 9.84 Å². The third-order valence-corrected chi connectivity index (χ3v) is 10.8. The van der Waals surface area contributed by atoms with Gasteiger partial charge in [-0.15, -0.1) is 11.3 Å². The number of benzene rings is 2. The standard InChI is InChI=1S/C29H34O6S2/c1-3-4-18-34-25-13-9-23(10-14-25)26-15-16-27(36-26)29(17-5-6-19-37(29,31)32)20-28(30)35-21-22-7-11-24(33-2)12-8-22/h7-16H,3-6,17-21H2,1-2H3/t29-/m0/s1. The first-order valence-electron chi connectivity index (χ1n) is 12.7. The van der Waals surface area contributed by atoms with Gasteiger partial charge in [0.2, 0.25) is 0 Å². The molecule has 0 unspecified atom stereocenters. The van der Waals surface area contributed by atoms with Crippen LogP contribution in [0.5, 0.6) is 11.5 Å². The summed E-state index contributed by atoms with van der Waals surface area (Å²) in [6.45, 7) is 2.90. The zero-order chi connectivity index (χ0) is 26.3. The lowest BCUT2D eigenvalue weighted by Gasteiger charge is -2.35. The zero-order valence-electron chi connectivity index (χ0n) is 21.4. The highest BCUT2D eigenvalue weighted by atomic mass is 32.2. The lowest BCUT2D eigenvalue weighted by Crippen LogP contribution is -2.42. The van der Waals surface area contributed by atoms with E-state index in [2.05, 4.69) is 6.92 Å². The molecule has 4 rings (SSSR count). The second kappa shape index (κ2) is 12.1. The Kier molecular flexibility index (Phi) is 8.92. The lowest BCUT2D eigenvalue weighted by molar-refractivity contribution is -0.145. The molecule has 0 aliphatic carbocycles. The van der Waals surface area contributed by atoms with Crippen molar-refractivity contribution in [3.8, 4) is 21.9 Å². The topological polar surface area (TPSA) is 78.9 Å². The van der Waals surface area contributed by atoms with Crippen molar-refractivity contribution in [1.82, 2.24) is 0 Å². The van der Waals surface area contributed by atoms with Gasteiger partial charge in [0.1, 0.15) is 22.9 Å². The molecule has 8 heteroatoms. The van der Waals surface area contributed by atoms with Crippen LogP contribution in [0.2, 0.25) is 0 Å². The minimum atomic E-state index is -3.54. The number of sulfone groups is 1. The summed E-state index contributed by atoms with van der Waals surface area (Å²) in [5.41, 5.74) is 1.81. The molecule has 6 nitrogen and oxygen atoms in total. The molecule has 1 aliphatic heterocycles. The summed E-state index contributed by atoms with van der Waals surface area (Å²) in [5.74, 6) is 1.11. The van der Waals surface area contributed by atoms with E-state index in [9.17, 15) is 13.2 Å². The summed E-state index contributed by atoms with van der Waals surface area (Å²) in [4.78, 5) is 14.6. The minimum absolute atomic E-state index is 0.0792. The number of ether oxygens (including phenoxy) is 3. The number of carbonyl (C=O) groups excluding carboxylic acids is 1. The number of carbonyl (C=O) groups is 1. The van der Waals surface area contributed by atoms with Crippen molar-refractivity contribution in [2.24, 2.45) is 0 Å². The van der Waals surface area contributed by atoms with E-state index in [0.717, 1.165) is 46.8 Å². The lowest BCUT2D eigenvalue weighted by atomic mass is 9.95. The van der Waals surface area contributed by atoms with Gasteiger partial charge >= 0.3 is 5.97 Å². The molecule has 0 radical (unpaired) electrons. The molecular weight excluding hydrogens is 508 g/mol. The smallest absolute Gasteiger partial charge is 0.308 e. The van der Waals surface area contributed by atoms with E-state index in [-0.39, 0.29) is 18.8 Å². The van der Waals surface area contributed by atoms with Crippen LogP contribution in [0, 0.1) is 0 Å². The third-order valence-electron chi connectivity index (χ3n) is 6.79. The molecule has 1 atom stereocenters. The van der Waals surface area contributed by atoms with Crippen molar-refractivity contribution in [1.29, 1.82) is 0 Å². The SMILES string of the molecule is CCCCOc1ccc(-c2ccc([C@@]3(CC(=O)OCc4ccc(OC)cc4)CCCCS3(=O)=O)s2)cc1. The Morgan fingerprint density at radius 1 is 0.973 bits per heavy atom. The van der Waals surface area contributed by atoms with Crippen molar-refractivity contribution in [3.05, 3.63) is 71.1 Å². The number of hydrogen-bond acceptors (Lipinski definition) is 7. The first-order chi connectivity index (χ1) is 17.9. The Morgan fingerprint density at radius 3 is 2.38 bits per heavy atom. The van der Waals surface area contributed by atoms with Crippen molar-refractivity contribution in [2.45, 2.75) is 56.8 Å². The molecule has 2 heterocycles. The minimum Gasteiger partial charge on any atom is -0.497 e. The number of unbranched alkanes of at least 4 members (excludes halogenated alkanes) is 1. The predicted molar refractivity (Wildman–Crippen MR) is 147 cm³/mol. The maximum Gasteiger partial charge on any atom is 0.308 e. The van der Waals surface area contributed by atoms with Crippen molar-refractivity contribution in [3.63, 3.8) is 0 Å². The molecule has 0 N–H and O–H groups in total. The summed E-state index contributed by atoms with van der Waals surface area (Å²) >= 11 is 1.44. The van der Waals surface area contributed by atoms with Gasteiger partial charge in [-0.1, -0.05) is 31.9 Å². The fraction of sp³-hybridized carbons (Fsp3) is 0.414. The maximum atomic E-state index is 13.5. The van der Waals surface area contributed by atoms with E-state index in [1.165, 1.54) is 11.3 Å². The molecule has 37 heavy (non-hydrogen) atoms. The summed E-state index contributed by atoms with van der Waals surface area (Å²) in [7, 11) is -1.95. The van der Waals surface area contributed by atoms with Gasteiger partial charge in [-0.25, -0.2) is 8.42 Å². The van der Waals surface area contributed by atoms with Gasteiger partial charge in [0, 0.05) is 9.75 Å². The van der Waals surface area contributed by atoms with E-state index in [4.69, 9.17) is 14.2 Å². The monoisotopic (exact) mass is 542 g/mol. The van der Waals surface area contributed by atoms with Gasteiger partial charge in [0.05, 0.1) is 25.9 Å². The second-order valence-electron chi connectivity index (χ2n) is 9.35. The highest BCUT2D eigenvalue weighted by molar-refractivity contribution is 7.92. The van der Waals surface area contributed by atoms with Gasteiger partial charge < -0.3 is 14.2 Å². The van der Waals surface area contributed by atoms with Crippen molar-refractivity contribution >= 4 is 27.1 Å². The quantitative estimate of drug-likeness (QED) is 0.202. The van der Waals surface area contributed by atoms with E-state index in [0.29, 0.717) is 24.3 Å². The normalized spacial score (nSPS) is 18.8. The van der Waals surface area contributed by atoms with Crippen LogP contribution >= 0.6 is 11.3 Å². The molecule has 1 aliphatic rings. The Morgan fingerprint density at radius 2 is 1.70 bits per heavy atom. The fourth-order valence-corrected chi connectivity index (χ4v) is 8.34. The summed E-state index contributed by atoms with van der Waals surface area (Å²) < 4.78 is 42.1. The zero-order valence-corrected chi connectivity index (χ0v) is 23.0. The summed E-state index contributed by atoms with van der Waals surface area (Å²) in [6, 6.07) is 18.9. The van der Waals surface area contributed by atoms with E-state index in [1.807, 2.05) is 48.5 Å². The Balaban J connectivity index is 1.52. The predicted octanol–water partition coefficient (Wildman–Crippen LogP) is 6.53. The number of esters is 1. The van der Waals surface area contributed by atoms with E-state index < -0.39 is 20.6 Å². The van der Waals surface area contributed by atoms with Crippen LogP contribution < -0.4 is 9.47 Å². The Hall–Kier alpha value is -2.84. The average Bonchev–Trinajstić information content (AvgIpc) is 3.40. The van der Waals surface area contributed by atoms with Gasteiger partial charge in [-0.2, -0.15) is 0 Å². The van der Waals surface area contributed by atoms with Crippen molar-refractivity contribution in [2.75, 3.05) is 19.5 Å². The van der Waals surface area contributed by atoms with E-state index >= 15 is 0 Å². The molecule has 0 spiro atoms. The second-order valence-corrected chi connectivity index (χ2v) is 12.8. The van der Waals surface area contributed by atoms with Crippen LogP contribution in [0.1, 0.15) is 55.9 Å². The molecule has 1 saturated heterocycles. The summed E-state index contributed by atoms with van der Waals surface area (Å²) in [5, 5.41) is 0. The molecule has 1 aromatic heterocycles. The number of methoxy groups -OCH3 is 1. The van der Waals surface area contributed by atoms with Crippen LogP contribution in [-0.4, -0.2) is 33.9 Å². The number of hydrogen-bond donors (Lipinski definition) is 0. The van der Waals surface area contributed by atoms with Gasteiger partial charge in [-0.3, -0.25) is 4.79 Å². The number of thiophene rings is 1. The fourth-order valence-electron chi connectivity index (χ4n) is 4.57. The molecule has 2 aromatic carbocycles. The van der Waals surface area contributed by atoms with Crippen LogP contribution in [0.3, 0.4) is 0 Å². The largest absolute Gasteiger partial charge is 0.497 e. The summed E-state index contributed by atoms with van der Waals surface area (Å²) in [6.07, 6.45) is 3.68.